The van der Waals surface area contributed by atoms with Gasteiger partial charge in [0.25, 0.3) is 17.2 Å². The molecule has 1 saturated heterocycles. The van der Waals surface area contributed by atoms with Crippen molar-refractivity contribution in [2.24, 2.45) is 5.41 Å². The fourth-order valence-corrected chi connectivity index (χ4v) is 6.00. The smallest absolute Gasteiger partial charge is 0.328 e. The van der Waals surface area contributed by atoms with E-state index in [1.54, 1.807) is 0 Å². The fraction of sp³-hybridized carbons (Fsp3) is 0.423. The van der Waals surface area contributed by atoms with E-state index in [-0.39, 0.29) is 30.0 Å². The number of ketones is 1. The molecule has 2 saturated carbocycles. The molecule has 1 aliphatic heterocycles. The number of nitrogens with zero attached hydrogens (tertiary/aromatic N) is 2. The molecule has 2 atom stereocenters. The van der Waals surface area contributed by atoms with Gasteiger partial charge in [0.2, 0.25) is 0 Å². The van der Waals surface area contributed by atoms with E-state index in [9.17, 15) is 34.6 Å². The number of ether oxygens (including phenoxy) is 2. The summed E-state index contributed by atoms with van der Waals surface area (Å²) in [6.45, 7) is 0. The highest BCUT2D eigenvalue weighted by Gasteiger charge is 2.68. The van der Waals surface area contributed by atoms with Crippen molar-refractivity contribution in [3.8, 4) is 0 Å². The Hall–Kier alpha value is -4.15. The summed E-state index contributed by atoms with van der Waals surface area (Å²) in [5.74, 6) is -5.18. The van der Waals surface area contributed by atoms with Crippen molar-refractivity contribution >= 4 is 29.1 Å². The maximum absolute atomic E-state index is 14.0. The molecule has 0 radical (unpaired) electrons. The van der Waals surface area contributed by atoms with Crippen molar-refractivity contribution in [2.45, 2.75) is 62.6 Å². The number of carbonyl (C=O) groups excluding carboxylic acids is 3. The molecule has 0 N–H and O–H groups in total. The third-order valence-corrected chi connectivity index (χ3v) is 7.82. The van der Waals surface area contributed by atoms with Crippen LogP contribution < -0.4 is 0 Å². The van der Waals surface area contributed by atoms with Gasteiger partial charge in [0.1, 0.15) is 5.78 Å². The molecule has 37 heavy (non-hydrogen) atoms. The quantitative estimate of drug-likeness (QED) is 0.251. The zero-order chi connectivity index (χ0) is 26.4. The lowest BCUT2D eigenvalue weighted by Crippen LogP contribution is -2.62. The molecule has 1 heterocycles. The third-order valence-electron chi connectivity index (χ3n) is 7.82. The molecule has 2 aromatic carbocycles. The number of esters is 2. The Bertz CT molecular complexity index is 1190. The normalized spacial score (nSPS) is 24.4. The van der Waals surface area contributed by atoms with Crippen LogP contribution in [0.2, 0.25) is 0 Å². The summed E-state index contributed by atoms with van der Waals surface area (Å²) in [5.41, 5.74) is -1.52. The summed E-state index contributed by atoms with van der Waals surface area (Å²) in [6.07, 6.45) is 2.80. The van der Waals surface area contributed by atoms with Gasteiger partial charge in [-0.1, -0.05) is 30.7 Å². The van der Waals surface area contributed by atoms with Crippen LogP contribution in [0.15, 0.2) is 48.5 Å². The molecule has 5 rings (SSSR count). The summed E-state index contributed by atoms with van der Waals surface area (Å²) in [4.78, 5) is 62.3. The highest BCUT2D eigenvalue weighted by molar-refractivity contribution is 6.06. The van der Waals surface area contributed by atoms with Gasteiger partial charge in [-0.25, -0.2) is 0 Å². The van der Waals surface area contributed by atoms with Gasteiger partial charge in [0, 0.05) is 61.8 Å². The predicted octanol–water partition coefficient (Wildman–Crippen LogP) is 4.48. The zero-order valence-electron chi connectivity index (χ0n) is 19.8. The molecule has 0 bridgehead atoms. The van der Waals surface area contributed by atoms with Gasteiger partial charge < -0.3 is 9.47 Å². The molecule has 2 spiro atoms. The molecule has 11 heteroatoms. The van der Waals surface area contributed by atoms with E-state index in [1.807, 2.05) is 0 Å². The second-order valence-electron chi connectivity index (χ2n) is 9.87. The summed E-state index contributed by atoms with van der Waals surface area (Å²) in [5, 5.41) is 22.4. The fourth-order valence-electron chi connectivity index (χ4n) is 6.00. The van der Waals surface area contributed by atoms with E-state index in [1.165, 1.54) is 48.5 Å². The Balaban J connectivity index is 1.65. The first-order valence-corrected chi connectivity index (χ1v) is 12.1. The summed E-state index contributed by atoms with van der Waals surface area (Å²) >= 11 is 0. The van der Waals surface area contributed by atoms with Gasteiger partial charge in [-0.05, 0) is 24.0 Å². The lowest BCUT2D eigenvalue weighted by molar-refractivity contribution is -0.385. The predicted molar refractivity (Wildman–Crippen MR) is 126 cm³/mol. The average molecular weight is 508 g/mol. The largest absolute Gasteiger partial charge is 0.422 e. The Morgan fingerprint density at radius 3 is 1.46 bits per heavy atom. The second-order valence-corrected chi connectivity index (χ2v) is 9.87. The van der Waals surface area contributed by atoms with Gasteiger partial charge in [0.05, 0.1) is 9.85 Å². The number of nitro groups is 2. The number of Topliss-reactive ketones (excluding diaryl/α,β-unsaturated/α-hetero) is 1. The first-order chi connectivity index (χ1) is 17.7. The molecule has 2 aromatic rings. The maximum atomic E-state index is 14.0. The van der Waals surface area contributed by atoms with E-state index < -0.39 is 44.8 Å². The Morgan fingerprint density at radius 2 is 1.08 bits per heavy atom. The zero-order valence-corrected chi connectivity index (χ0v) is 19.8. The molecule has 2 aliphatic carbocycles. The number of non-ortho nitro benzene ring substituents is 2. The van der Waals surface area contributed by atoms with E-state index in [0.29, 0.717) is 24.0 Å². The first kappa shape index (κ1) is 24.5. The Kier molecular flexibility index (Phi) is 6.01. The average Bonchev–Trinajstić information content (AvgIpc) is 2.88. The number of rotatable bonds is 4. The van der Waals surface area contributed by atoms with Crippen LogP contribution in [0.25, 0.3) is 0 Å². The Morgan fingerprint density at radius 1 is 0.676 bits per heavy atom. The van der Waals surface area contributed by atoms with Crippen molar-refractivity contribution in [3.05, 3.63) is 79.9 Å². The molecule has 11 nitrogen and oxygen atoms in total. The molecule has 0 amide bonds. The molecule has 0 unspecified atom stereocenters. The van der Waals surface area contributed by atoms with E-state index in [2.05, 4.69) is 0 Å². The van der Waals surface area contributed by atoms with Crippen molar-refractivity contribution in [1.82, 2.24) is 0 Å². The first-order valence-electron chi connectivity index (χ1n) is 12.1. The minimum Gasteiger partial charge on any atom is -0.422 e. The molecule has 0 aromatic heterocycles. The second kappa shape index (κ2) is 9.06. The molecule has 192 valence electrons. The lowest BCUT2D eigenvalue weighted by Gasteiger charge is -2.52. The van der Waals surface area contributed by atoms with Gasteiger partial charge in [-0.2, -0.15) is 0 Å². The topological polar surface area (TPSA) is 156 Å². The van der Waals surface area contributed by atoms with Crippen molar-refractivity contribution in [1.29, 1.82) is 0 Å². The van der Waals surface area contributed by atoms with Gasteiger partial charge in [-0.15, -0.1) is 0 Å². The van der Waals surface area contributed by atoms with Crippen molar-refractivity contribution < 1.29 is 33.7 Å². The van der Waals surface area contributed by atoms with Crippen LogP contribution in [-0.4, -0.2) is 33.4 Å². The minimum absolute atomic E-state index is 0.168. The van der Waals surface area contributed by atoms with E-state index in [0.717, 1.165) is 19.3 Å². The van der Waals surface area contributed by atoms with Crippen LogP contribution in [0.3, 0.4) is 0 Å². The van der Waals surface area contributed by atoms with Crippen LogP contribution in [0.1, 0.15) is 67.9 Å². The standard InChI is InChI=1S/C26H24N2O9/c29-20-14-21(16-4-8-18(9-5-16)27(32)33)26(22(15-20)17-6-10-19(11-7-17)28(34)35)23(30)36-25(37-24(26)31)12-2-1-3-13-25/h4-11,21-22H,1-3,12-15H2/t21-,22+. The van der Waals surface area contributed by atoms with Crippen LogP contribution in [0.4, 0.5) is 11.4 Å². The van der Waals surface area contributed by atoms with Gasteiger partial charge in [0.15, 0.2) is 5.41 Å². The van der Waals surface area contributed by atoms with Crippen molar-refractivity contribution in [2.75, 3.05) is 0 Å². The minimum atomic E-state index is -1.94. The Labute approximate surface area is 211 Å². The summed E-state index contributed by atoms with van der Waals surface area (Å²) < 4.78 is 11.9. The van der Waals surface area contributed by atoms with Gasteiger partial charge >= 0.3 is 11.9 Å². The summed E-state index contributed by atoms with van der Waals surface area (Å²) in [7, 11) is 0. The number of carbonyl (C=O) groups is 3. The SMILES string of the molecule is O=C1C[C@H](c2ccc([N+](=O)[O-])cc2)C2(C(=O)OC3(CCCCC3)OC2=O)[C@H](c2ccc([N+](=O)[O-])cc2)C1. The third kappa shape index (κ3) is 4.04. The maximum Gasteiger partial charge on any atom is 0.328 e. The monoisotopic (exact) mass is 508 g/mol. The highest BCUT2D eigenvalue weighted by atomic mass is 16.7. The van der Waals surface area contributed by atoms with Crippen LogP contribution in [0.5, 0.6) is 0 Å². The van der Waals surface area contributed by atoms with Crippen LogP contribution in [-0.2, 0) is 23.9 Å². The van der Waals surface area contributed by atoms with Gasteiger partial charge in [-0.3, -0.25) is 34.6 Å². The van der Waals surface area contributed by atoms with E-state index >= 15 is 0 Å². The molecule has 3 aliphatic rings. The highest BCUT2D eigenvalue weighted by Crippen LogP contribution is 2.59. The number of hydrogen-bond donors (Lipinski definition) is 0. The number of benzene rings is 2. The van der Waals surface area contributed by atoms with Crippen LogP contribution >= 0.6 is 0 Å². The molecule has 3 fully saturated rings. The summed E-state index contributed by atoms with van der Waals surface area (Å²) in [6, 6.07) is 10.7. The van der Waals surface area contributed by atoms with E-state index in [4.69, 9.17) is 9.47 Å². The number of hydrogen-bond acceptors (Lipinski definition) is 9. The molecular formula is C26H24N2O9. The number of nitro benzene ring substituents is 2. The lowest BCUT2D eigenvalue weighted by atomic mass is 9.55. The molecular weight excluding hydrogens is 484 g/mol. The van der Waals surface area contributed by atoms with Crippen LogP contribution in [0, 0.1) is 25.6 Å². The van der Waals surface area contributed by atoms with Crippen molar-refractivity contribution in [3.63, 3.8) is 0 Å².